The van der Waals surface area contributed by atoms with Crippen molar-refractivity contribution in [1.82, 2.24) is 15.3 Å². The number of aromatic nitrogens is 2. The normalized spacial score (nSPS) is 15.3. The second-order valence-electron chi connectivity index (χ2n) is 6.28. The largest absolute Gasteiger partial charge is 0.490 e. The van der Waals surface area contributed by atoms with Crippen LogP contribution in [-0.4, -0.2) is 60.0 Å². The Labute approximate surface area is 158 Å². The van der Waals surface area contributed by atoms with E-state index in [1.807, 2.05) is 31.2 Å². The molecule has 0 spiro atoms. The number of aryl methyl sites for hydroxylation is 1. The first-order chi connectivity index (χ1) is 13.1. The zero-order chi connectivity index (χ0) is 19.1. The number of ether oxygens (including phenoxy) is 2. The Morgan fingerprint density at radius 2 is 2.11 bits per heavy atom. The van der Waals surface area contributed by atoms with Gasteiger partial charge in [0.1, 0.15) is 24.5 Å². The van der Waals surface area contributed by atoms with Gasteiger partial charge in [-0.3, -0.25) is 4.79 Å². The van der Waals surface area contributed by atoms with Crippen LogP contribution in [0.5, 0.6) is 5.75 Å². The maximum atomic E-state index is 12.1. The number of aliphatic hydroxyl groups excluding tert-OH is 1. The highest BCUT2D eigenvalue weighted by molar-refractivity contribution is 5.80. The Morgan fingerprint density at radius 3 is 2.89 bits per heavy atom. The van der Waals surface area contributed by atoms with Crippen LogP contribution in [0.15, 0.2) is 36.7 Å². The first-order valence-corrected chi connectivity index (χ1v) is 8.91. The van der Waals surface area contributed by atoms with E-state index in [1.165, 1.54) is 6.33 Å². The summed E-state index contributed by atoms with van der Waals surface area (Å²) in [5.74, 6) is 0.950. The van der Waals surface area contributed by atoms with Gasteiger partial charge in [-0.2, -0.15) is 0 Å². The number of amides is 1. The fraction of sp³-hybridized carbons (Fsp3) is 0.421. The molecule has 2 aromatic rings. The Hall–Kier alpha value is -2.71. The average molecular weight is 372 g/mol. The highest BCUT2D eigenvalue weighted by Crippen LogP contribution is 2.16. The van der Waals surface area contributed by atoms with E-state index >= 15 is 0 Å². The standard InChI is InChI=1S/C19H24N4O4/c1-14-4-2-3-5-17(14)27-12-16(24)19(25)20-11-15-10-18(22-13-21-15)23-6-8-26-9-7-23/h2-5,10,13,16,24H,6-9,11-12H2,1H3,(H,20,25)/t16-/m1/s1. The molecule has 0 bridgehead atoms. The molecule has 27 heavy (non-hydrogen) atoms. The van der Waals surface area contributed by atoms with Gasteiger partial charge in [0.15, 0.2) is 6.10 Å². The summed E-state index contributed by atoms with van der Waals surface area (Å²) < 4.78 is 10.9. The van der Waals surface area contributed by atoms with E-state index in [9.17, 15) is 9.90 Å². The van der Waals surface area contributed by atoms with Gasteiger partial charge in [-0.1, -0.05) is 18.2 Å². The van der Waals surface area contributed by atoms with Crippen LogP contribution in [0.1, 0.15) is 11.3 Å². The molecule has 1 aliphatic rings. The first-order valence-electron chi connectivity index (χ1n) is 8.91. The number of rotatable bonds is 7. The number of benzene rings is 1. The molecule has 2 N–H and O–H groups in total. The van der Waals surface area contributed by atoms with E-state index < -0.39 is 12.0 Å². The summed E-state index contributed by atoms with van der Waals surface area (Å²) in [5, 5.41) is 12.7. The summed E-state index contributed by atoms with van der Waals surface area (Å²) in [4.78, 5) is 22.7. The van der Waals surface area contributed by atoms with Gasteiger partial charge in [-0.05, 0) is 18.6 Å². The molecule has 1 fully saturated rings. The van der Waals surface area contributed by atoms with E-state index in [4.69, 9.17) is 9.47 Å². The lowest BCUT2D eigenvalue weighted by Gasteiger charge is -2.27. The number of nitrogens with one attached hydrogen (secondary N) is 1. The minimum absolute atomic E-state index is 0.112. The van der Waals surface area contributed by atoms with Crippen LogP contribution < -0.4 is 15.0 Å². The lowest BCUT2D eigenvalue weighted by molar-refractivity contribution is -0.130. The second kappa shape index (κ2) is 9.29. The summed E-state index contributed by atoms with van der Waals surface area (Å²) in [7, 11) is 0. The molecule has 1 saturated heterocycles. The summed E-state index contributed by atoms with van der Waals surface area (Å²) in [6.45, 7) is 4.89. The number of hydrogen-bond acceptors (Lipinski definition) is 7. The van der Waals surface area contributed by atoms with Crippen molar-refractivity contribution in [1.29, 1.82) is 0 Å². The van der Waals surface area contributed by atoms with Crippen molar-refractivity contribution in [2.24, 2.45) is 0 Å². The molecule has 8 heteroatoms. The molecule has 1 aromatic heterocycles. The highest BCUT2D eigenvalue weighted by Gasteiger charge is 2.17. The van der Waals surface area contributed by atoms with Crippen LogP contribution >= 0.6 is 0 Å². The maximum absolute atomic E-state index is 12.1. The Kier molecular flexibility index (Phi) is 6.56. The van der Waals surface area contributed by atoms with Crippen molar-refractivity contribution >= 4 is 11.7 Å². The molecule has 0 radical (unpaired) electrons. The van der Waals surface area contributed by atoms with E-state index in [0.717, 1.165) is 24.5 Å². The Bertz CT molecular complexity index is 765. The van der Waals surface area contributed by atoms with E-state index in [2.05, 4.69) is 20.2 Å². The van der Waals surface area contributed by atoms with Crippen LogP contribution in [0.3, 0.4) is 0 Å². The summed E-state index contributed by atoms with van der Waals surface area (Å²) in [6.07, 6.45) is 0.217. The molecular formula is C19H24N4O4. The number of nitrogens with zero attached hydrogens (tertiary/aromatic N) is 3. The van der Waals surface area contributed by atoms with Gasteiger partial charge in [-0.15, -0.1) is 0 Å². The number of anilines is 1. The summed E-state index contributed by atoms with van der Waals surface area (Å²) in [5.41, 5.74) is 1.62. The number of hydrogen-bond donors (Lipinski definition) is 2. The van der Waals surface area contributed by atoms with Crippen molar-refractivity contribution < 1.29 is 19.4 Å². The van der Waals surface area contributed by atoms with Crippen LogP contribution in [0.4, 0.5) is 5.82 Å². The molecule has 1 aliphatic heterocycles. The molecular weight excluding hydrogens is 348 g/mol. The van der Waals surface area contributed by atoms with Crippen LogP contribution in [-0.2, 0) is 16.1 Å². The van der Waals surface area contributed by atoms with Crippen LogP contribution in [0.25, 0.3) is 0 Å². The van der Waals surface area contributed by atoms with Crippen molar-refractivity contribution in [3.8, 4) is 5.75 Å². The lowest BCUT2D eigenvalue weighted by Crippen LogP contribution is -2.38. The first kappa shape index (κ1) is 19.1. The fourth-order valence-electron chi connectivity index (χ4n) is 2.71. The molecule has 144 valence electrons. The second-order valence-corrected chi connectivity index (χ2v) is 6.28. The zero-order valence-electron chi connectivity index (χ0n) is 15.3. The molecule has 2 heterocycles. The minimum Gasteiger partial charge on any atom is -0.490 e. The fourth-order valence-corrected chi connectivity index (χ4v) is 2.71. The predicted molar refractivity (Wildman–Crippen MR) is 99.6 cm³/mol. The molecule has 8 nitrogen and oxygen atoms in total. The van der Waals surface area contributed by atoms with Crippen LogP contribution in [0.2, 0.25) is 0 Å². The number of para-hydroxylation sites is 1. The number of carbonyl (C=O) groups is 1. The summed E-state index contributed by atoms with van der Waals surface area (Å²) in [6, 6.07) is 9.28. The quantitative estimate of drug-likeness (QED) is 0.738. The summed E-state index contributed by atoms with van der Waals surface area (Å²) >= 11 is 0. The van der Waals surface area contributed by atoms with Crippen molar-refractivity contribution in [3.63, 3.8) is 0 Å². The molecule has 1 aromatic carbocycles. The van der Waals surface area contributed by atoms with E-state index in [0.29, 0.717) is 24.7 Å². The zero-order valence-corrected chi connectivity index (χ0v) is 15.3. The molecule has 1 amide bonds. The third-order valence-corrected chi connectivity index (χ3v) is 4.28. The maximum Gasteiger partial charge on any atom is 0.252 e. The molecule has 0 unspecified atom stereocenters. The highest BCUT2D eigenvalue weighted by atomic mass is 16.5. The monoisotopic (exact) mass is 372 g/mol. The third-order valence-electron chi connectivity index (χ3n) is 4.28. The van der Waals surface area contributed by atoms with Gasteiger partial charge in [0, 0.05) is 19.2 Å². The van der Waals surface area contributed by atoms with Gasteiger partial charge >= 0.3 is 0 Å². The number of aliphatic hydroxyl groups is 1. The van der Waals surface area contributed by atoms with Gasteiger partial charge in [-0.25, -0.2) is 9.97 Å². The Morgan fingerprint density at radius 1 is 1.33 bits per heavy atom. The lowest BCUT2D eigenvalue weighted by atomic mass is 10.2. The number of morpholine rings is 1. The predicted octanol–water partition coefficient (Wildman–Crippen LogP) is 0.678. The molecule has 0 saturated carbocycles. The van der Waals surface area contributed by atoms with Crippen LogP contribution in [0, 0.1) is 6.92 Å². The van der Waals surface area contributed by atoms with Gasteiger partial charge in [0.2, 0.25) is 0 Å². The van der Waals surface area contributed by atoms with E-state index in [1.54, 1.807) is 6.07 Å². The van der Waals surface area contributed by atoms with E-state index in [-0.39, 0.29) is 13.2 Å². The molecule has 3 rings (SSSR count). The Balaban J connectivity index is 1.49. The SMILES string of the molecule is Cc1ccccc1OC[C@@H](O)C(=O)NCc1cc(N2CCOCC2)ncn1. The topological polar surface area (TPSA) is 96.8 Å². The van der Waals surface area contributed by atoms with Crippen molar-refractivity contribution in [2.45, 2.75) is 19.6 Å². The smallest absolute Gasteiger partial charge is 0.252 e. The molecule has 1 atom stereocenters. The van der Waals surface area contributed by atoms with Crippen molar-refractivity contribution in [3.05, 3.63) is 47.9 Å². The van der Waals surface area contributed by atoms with Gasteiger partial charge < -0.3 is 24.8 Å². The van der Waals surface area contributed by atoms with Gasteiger partial charge in [0.05, 0.1) is 25.5 Å². The third kappa shape index (κ3) is 5.38. The van der Waals surface area contributed by atoms with Crippen molar-refractivity contribution in [2.75, 3.05) is 37.8 Å². The number of carbonyl (C=O) groups excluding carboxylic acids is 1. The van der Waals surface area contributed by atoms with Gasteiger partial charge in [0.25, 0.3) is 5.91 Å². The average Bonchev–Trinajstić information content (AvgIpc) is 2.72. The molecule has 0 aliphatic carbocycles. The minimum atomic E-state index is -1.26.